The summed E-state index contributed by atoms with van der Waals surface area (Å²) in [5.74, 6) is 0.846. The Hall–Kier alpha value is -2.01. The minimum atomic E-state index is -0.140. The van der Waals surface area contributed by atoms with Crippen molar-refractivity contribution in [3.8, 4) is 5.75 Å². The number of benzene rings is 1. The summed E-state index contributed by atoms with van der Waals surface area (Å²) in [5.41, 5.74) is 1.05. The van der Waals surface area contributed by atoms with E-state index in [9.17, 15) is 4.79 Å². The summed E-state index contributed by atoms with van der Waals surface area (Å²) in [6, 6.07) is 11.7. The van der Waals surface area contributed by atoms with Crippen LogP contribution in [0, 0.1) is 0 Å². The molecule has 1 heterocycles. The molecule has 1 aromatic heterocycles. The molecule has 0 saturated carbocycles. The fraction of sp³-hybridized carbons (Fsp3) is 0.353. The van der Waals surface area contributed by atoms with E-state index in [0.717, 1.165) is 17.7 Å². The third kappa shape index (κ3) is 5.77. The molecule has 2 aromatic rings. The zero-order valence-corrected chi connectivity index (χ0v) is 13.8. The predicted octanol–water partition coefficient (Wildman–Crippen LogP) is 3.58. The standard InChI is InChI=1S/C17H22N2O2S/c1-13(2)21-15-7-5-14(6-8-15)12-19-17(20)18-10-9-16-4-3-11-22-16/h3-8,11,13H,9-10,12H2,1-2H3,(H2,18,19,20). The highest BCUT2D eigenvalue weighted by Gasteiger charge is 2.02. The fourth-order valence-corrected chi connectivity index (χ4v) is 2.67. The lowest BCUT2D eigenvalue weighted by molar-refractivity contribution is 0.240. The van der Waals surface area contributed by atoms with Gasteiger partial charge in [0.05, 0.1) is 6.10 Å². The van der Waals surface area contributed by atoms with Gasteiger partial charge in [-0.1, -0.05) is 18.2 Å². The van der Waals surface area contributed by atoms with Gasteiger partial charge in [0.1, 0.15) is 5.75 Å². The Morgan fingerprint density at radius 2 is 1.95 bits per heavy atom. The van der Waals surface area contributed by atoms with Crippen molar-refractivity contribution in [3.05, 3.63) is 52.2 Å². The van der Waals surface area contributed by atoms with Gasteiger partial charge in [0.2, 0.25) is 0 Å². The minimum Gasteiger partial charge on any atom is -0.491 e. The number of carbonyl (C=O) groups is 1. The van der Waals surface area contributed by atoms with Crippen molar-refractivity contribution in [2.75, 3.05) is 6.54 Å². The van der Waals surface area contributed by atoms with Crippen molar-refractivity contribution < 1.29 is 9.53 Å². The molecule has 0 bridgehead atoms. The van der Waals surface area contributed by atoms with E-state index >= 15 is 0 Å². The molecule has 118 valence electrons. The third-order valence-corrected chi connectivity index (χ3v) is 3.92. The molecule has 5 heteroatoms. The second kappa shape index (κ2) is 8.44. The molecule has 22 heavy (non-hydrogen) atoms. The number of urea groups is 1. The Morgan fingerprint density at radius 1 is 1.18 bits per heavy atom. The first-order chi connectivity index (χ1) is 10.6. The highest BCUT2D eigenvalue weighted by Crippen LogP contribution is 2.13. The molecule has 0 aliphatic carbocycles. The summed E-state index contributed by atoms with van der Waals surface area (Å²) in [5, 5.41) is 7.76. The first-order valence-corrected chi connectivity index (χ1v) is 8.31. The number of ether oxygens (including phenoxy) is 1. The molecular formula is C17H22N2O2S. The number of thiophene rings is 1. The van der Waals surface area contributed by atoms with E-state index < -0.39 is 0 Å². The van der Waals surface area contributed by atoms with Crippen LogP contribution in [0.3, 0.4) is 0 Å². The van der Waals surface area contributed by atoms with Crippen LogP contribution in [0.2, 0.25) is 0 Å². The van der Waals surface area contributed by atoms with E-state index in [2.05, 4.69) is 16.7 Å². The molecule has 4 nitrogen and oxygen atoms in total. The SMILES string of the molecule is CC(C)Oc1ccc(CNC(=O)NCCc2cccs2)cc1. The van der Waals surface area contributed by atoms with Crippen LogP contribution < -0.4 is 15.4 Å². The lowest BCUT2D eigenvalue weighted by Gasteiger charge is -2.11. The van der Waals surface area contributed by atoms with E-state index in [1.54, 1.807) is 11.3 Å². The second-order valence-corrected chi connectivity index (χ2v) is 6.28. The van der Waals surface area contributed by atoms with Crippen molar-refractivity contribution in [1.29, 1.82) is 0 Å². The van der Waals surface area contributed by atoms with Gasteiger partial charge in [-0.3, -0.25) is 0 Å². The molecule has 0 saturated heterocycles. The van der Waals surface area contributed by atoms with E-state index in [0.29, 0.717) is 13.1 Å². The Morgan fingerprint density at radius 3 is 2.59 bits per heavy atom. The summed E-state index contributed by atoms with van der Waals surface area (Å²) in [4.78, 5) is 13.0. The predicted molar refractivity (Wildman–Crippen MR) is 90.5 cm³/mol. The van der Waals surface area contributed by atoms with Crippen LogP contribution >= 0.6 is 11.3 Å². The van der Waals surface area contributed by atoms with Gasteiger partial charge in [0.15, 0.2) is 0 Å². The fourth-order valence-electron chi connectivity index (χ4n) is 1.96. The second-order valence-electron chi connectivity index (χ2n) is 5.25. The molecule has 0 fully saturated rings. The lowest BCUT2D eigenvalue weighted by atomic mass is 10.2. The molecule has 0 aliphatic rings. The lowest BCUT2D eigenvalue weighted by Crippen LogP contribution is -2.36. The van der Waals surface area contributed by atoms with E-state index in [4.69, 9.17) is 4.74 Å². The van der Waals surface area contributed by atoms with Crippen LogP contribution in [0.15, 0.2) is 41.8 Å². The first kappa shape index (κ1) is 16.4. The van der Waals surface area contributed by atoms with Crippen molar-refractivity contribution in [2.45, 2.75) is 32.9 Å². The molecule has 0 spiro atoms. The van der Waals surface area contributed by atoms with Gasteiger partial charge in [-0.05, 0) is 49.4 Å². The number of rotatable bonds is 7. The number of carbonyl (C=O) groups excluding carboxylic acids is 1. The smallest absolute Gasteiger partial charge is 0.315 e. The first-order valence-electron chi connectivity index (χ1n) is 7.43. The van der Waals surface area contributed by atoms with Crippen molar-refractivity contribution in [2.24, 2.45) is 0 Å². The van der Waals surface area contributed by atoms with Gasteiger partial charge in [-0.15, -0.1) is 11.3 Å². The molecule has 2 amide bonds. The van der Waals surface area contributed by atoms with Gasteiger partial charge < -0.3 is 15.4 Å². The largest absolute Gasteiger partial charge is 0.491 e. The van der Waals surface area contributed by atoms with Crippen LogP contribution in [0.1, 0.15) is 24.3 Å². The van der Waals surface area contributed by atoms with Crippen LogP contribution in [-0.2, 0) is 13.0 Å². The number of amides is 2. The van der Waals surface area contributed by atoms with Gasteiger partial charge >= 0.3 is 6.03 Å². The molecule has 2 N–H and O–H groups in total. The Labute approximate surface area is 135 Å². The van der Waals surface area contributed by atoms with Gasteiger partial charge in [-0.25, -0.2) is 4.79 Å². The zero-order valence-electron chi connectivity index (χ0n) is 13.0. The zero-order chi connectivity index (χ0) is 15.8. The average molecular weight is 318 g/mol. The molecule has 0 aliphatic heterocycles. The maximum atomic E-state index is 11.7. The molecule has 0 unspecified atom stereocenters. The normalized spacial score (nSPS) is 10.5. The van der Waals surface area contributed by atoms with Crippen LogP contribution in [0.5, 0.6) is 5.75 Å². The highest BCUT2D eigenvalue weighted by molar-refractivity contribution is 7.09. The summed E-state index contributed by atoms with van der Waals surface area (Å²) in [6.45, 7) is 5.15. The summed E-state index contributed by atoms with van der Waals surface area (Å²) >= 11 is 1.71. The average Bonchev–Trinajstić information content (AvgIpc) is 2.99. The van der Waals surface area contributed by atoms with Crippen LogP contribution in [0.4, 0.5) is 4.79 Å². The van der Waals surface area contributed by atoms with Gasteiger partial charge in [0, 0.05) is 18.0 Å². The highest BCUT2D eigenvalue weighted by atomic mass is 32.1. The maximum absolute atomic E-state index is 11.7. The maximum Gasteiger partial charge on any atom is 0.315 e. The van der Waals surface area contributed by atoms with Crippen molar-refractivity contribution in [1.82, 2.24) is 10.6 Å². The third-order valence-electron chi connectivity index (χ3n) is 2.99. The summed E-state index contributed by atoms with van der Waals surface area (Å²) in [7, 11) is 0. The van der Waals surface area contributed by atoms with E-state index in [1.807, 2.05) is 49.6 Å². The number of hydrogen-bond donors (Lipinski definition) is 2. The van der Waals surface area contributed by atoms with Crippen molar-refractivity contribution >= 4 is 17.4 Å². The quantitative estimate of drug-likeness (QED) is 0.820. The molecule has 1 aromatic carbocycles. The van der Waals surface area contributed by atoms with Crippen molar-refractivity contribution in [3.63, 3.8) is 0 Å². The summed E-state index contributed by atoms with van der Waals surface area (Å²) in [6.07, 6.45) is 1.03. The minimum absolute atomic E-state index is 0.140. The van der Waals surface area contributed by atoms with Crippen LogP contribution in [0.25, 0.3) is 0 Å². The molecule has 2 rings (SSSR count). The Kier molecular flexibility index (Phi) is 6.27. The molecular weight excluding hydrogens is 296 g/mol. The topological polar surface area (TPSA) is 50.4 Å². The Balaban J connectivity index is 1.67. The van der Waals surface area contributed by atoms with Gasteiger partial charge in [0.25, 0.3) is 0 Å². The van der Waals surface area contributed by atoms with Gasteiger partial charge in [-0.2, -0.15) is 0 Å². The number of nitrogens with one attached hydrogen (secondary N) is 2. The summed E-state index contributed by atoms with van der Waals surface area (Å²) < 4.78 is 5.58. The van der Waals surface area contributed by atoms with Crippen LogP contribution in [-0.4, -0.2) is 18.7 Å². The monoisotopic (exact) mass is 318 g/mol. The Bertz CT molecular complexity index is 565. The molecule has 0 radical (unpaired) electrons. The van der Waals surface area contributed by atoms with E-state index in [1.165, 1.54) is 4.88 Å². The number of hydrogen-bond acceptors (Lipinski definition) is 3. The molecule has 0 atom stereocenters. The van der Waals surface area contributed by atoms with E-state index in [-0.39, 0.29) is 12.1 Å².